The minimum Gasteiger partial charge on any atom is -0.422 e. The zero-order valence-corrected chi connectivity index (χ0v) is 13.2. The Morgan fingerprint density at radius 1 is 1.13 bits per heavy atom. The highest BCUT2D eigenvalue weighted by atomic mass is 28.3. The highest BCUT2D eigenvalue weighted by molar-refractivity contribution is 6.44. The summed E-state index contributed by atoms with van der Waals surface area (Å²) in [7, 11) is -1.63. The zero-order chi connectivity index (χ0) is 11.5. The third-order valence-corrected chi connectivity index (χ3v) is 5.97. The summed E-state index contributed by atoms with van der Waals surface area (Å²) in [6.45, 7) is 9.86. The molecule has 5 heteroatoms. The van der Waals surface area contributed by atoms with Crippen LogP contribution in [-0.4, -0.2) is 38.4 Å². The van der Waals surface area contributed by atoms with E-state index in [-0.39, 0.29) is 9.76 Å². The van der Waals surface area contributed by atoms with Crippen LogP contribution < -0.4 is 0 Å². The van der Waals surface area contributed by atoms with Crippen molar-refractivity contribution < 1.29 is 13.3 Å². The fourth-order valence-electron chi connectivity index (χ4n) is 1.32. The molecule has 0 aromatic carbocycles. The Labute approximate surface area is 98.3 Å². The van der Waals surface area contributed by atoms with E-state index in [0.29, 0.717) is 6.10 Å². The molecule has 0 aromatic rings. The molecule has 92 valence electrons. The molecule has 0 aromatic heterocycles. The second-order valence-electron chi connectivity index (χ2n) is 3.76. The lowest BCUT2D eigenvalue weighted by atomic mass is 10.5. The van der Waals surface area contributed by atoms with Gasteiger partial charge in [0.2, 0.25) is 0 Å². The molecule has 0 spiro atoms. The Morgan fingerprint density at radius 3 is 2.20 bits per heavy atom. The molecule has 0 aliphatic rings. The van der Waals surface area contributed by atoms with Crippen LogP contribution in [0.25, 0.3) is 0 Å². The summed E-state index contributed by atoms with van der Waals surface area (Å²) in [5, 5.41) is 0. The van der Waals surface area contributed by atoms with E-state index in [2.05, 4.69) is 13.8 Å². The molecule has 0 rings (SSSR count). The van der Waals surface area contributed by atoms with Gasteiger partial charge in [-0.05, 0) is 39.8 Å². The van der Waals surface area contributed by atoms with Crippen molar-refractivity contribution in [3.05, 3.63) is 0 Å². The molecule has 0 unspecified atom stereocenters. The quantitative estimate of drug-likeness (QED) is 0.435. The number of hydrogen-bond donors (Lipinski definition) is 0. The van der Waals surface area contributed by atoms with Crippen molar-refractivity contribution in [2.24, 2.45) is 0 Å². The summed E-state index contributed by atoms with van der Waals surface area (Å²) in [5.74, 6) is 0. The molecule has 0 heterocycles. The molecule has 0 atom stereocenters. The van der Waals surface area contributed by atoms with Gasteiger partial charge < -0.3 is 13.3 Å². The molecular formula is C10H26O3Si2. The lowest BCUT2D eigenvalue weighted by Crippen LogP contribution is -2.22. The van der Waals surface area contributed by atoms with Gasteiger partial charge >= 0.3 is 9.28 Å². The summed E-state index contributed by atoms with van der Waals surface area (Å²) >= 11 is 0. The molecule has 0 fully saturated rings. The van der Waals surface area contributed by atoms with Crippen LogP contribution in [0.4, 0.5) is 0 Å². The van der Waals surface area contributed by atoms with E-state index in [4.69, 9.17) is 13.3 Å². The summed E-state index contributed by atoms with van der Waals surface area (Å²) < 4.78 is 16.8. The molecule has 0 aliphatic heterocycles. The van der Waals surface area contributed by atoms with Gasteiger partial charge in [-0.25, -0.2) is 0 Å². The predicted molar refractivity (Wildman–Crippen MR) is 69.4 cm³/mol. The Hall–Kier alpha value is 0.314. The van der Waals surface area contributed by atoms with Gasteiger partial charge in [-0.1, -0.05) is 6.42 Å². The van der Waals surface area contributed by atoms with Crippen LogP contribution in [0.3, 0.4) is 0 Å². The van der Waals surface area contributed by atoms with Crippen LogP contribution in [0.15, 0.2) is 0 Å². The van der Waals surface area contributed by atoms with E-state index < -0.39 is 9.28 Å². The standard InChI is InChI=1S/C10H26O3Si2/c1-5-11-15(12-6-2)9-7-8-14-13-10(3)4/h10,15H,5-9,14H2,1-4H3. The maximum atomic E-state index is 5.62. The number of hydrogen-bond acceptors (Lipinski definition) is 3. The highest BCUT2D eigenvalue weighted by Gasteiger charge is 2.11. The second kappa shape index (κ2) is 10.8. The predicted octanol–water partition coefficient (Wildman–Crippen LogP) is 1.60. The van der Waals surface area contributed by atoms with E-state index in [0.717, 1.165) is 19.3 Å². The first-order valence-corrected chi connectivity index (χ1v) is 9.39. The molecule has 15 heavy (non-hydrogen) atoms. The van der Waals surface area contributed by atoms with Crippen molar-refractivity contribution in [2.75, 3.05) is 13.2 Å². The van der Waals surface area contributed by atoms with Crippen LogP contribution >= 0.6 is 0 Å². The van der Waals surface area contributed by atoms with Crippen molar-refractivity contribution in [3.8, 4) is 0 Å². The molecular weight excluding hydrogens is 224 g/mol. The molecule has 0 aliphatic carbocycles. The average molecular weight is 250 g/mol. The van der Waals surface area contributed by atoms with Crippen molar-refractivity contribution in [1.29, 1.82) is 0 Å². The summed E-state index contributed by atoms with van der Waals surface area (Å²) in [5.41, 5.74) is 0. The van der Waals surface area contributed by atoms with E-state index in [1.54, 1.807) is 0 Å². The first-order chi connectivity index (χ1) is 7.20. The van der Waals surface area contributed by atoms with Gasteiger partial charge in [0.05, 0.1) is 0 Å². The van der Waals surface area contributed by atoms with Crippen molar-refractivity contribution in [3.63, 3.8) is 0 Å². The molecule has 0 bridgehead atoms. The van der Waals surface area contributed by atoms with E-state index in [1.807, 2.05) is 13.8 Å². The van der Waals surface area contributed by atoms with Gasteiger partial charge in [0.1, 0.15) is 0 Å². The first kappa shape index (κ1) is 15.3. The minimum absolute atomic E-state index is 0.296. The maximum Gasteiger partial charge on any atom is 0.321 e. The van der Waals surface area contributed by atoms with Crippen LogP contribution in [-0.2, 0) is 13.3 Å². The van der Waals surface area contributed by atoms with Crippen LogP contribution in [0.1, 0.15) is 34.1 Å². The van der Waals surface area contributed by atoms with Crippen molar-refractivity contribution in [2.45, 2.75) is 52.3 Å². The molecule has 0 saturated carbocycles. The molecule has 3 nitrogen and oxygen atoms in total. The lowest BCUT2D eigenvalue weighted by molar-refractivity contribution is 0.213. The van der Waals surface area contributed by atoms with E-state index in [1.165, 1.54) is 12.5 Å². The third-order valence-electron chi connectivity index (χ3n) is 1.99. The lowest BCUT2D eigenvalue weighted by Gasteiger charge is -2.14. The Balaban J connectivity index is 3.36. The van der Waals surface area contributed by atoms with Crippen molar-refractivity contribution in [1.82, 2.24) is 0 Å². The summed E-state index contributed by atoms with van der Waals surface area (Å²) in [6, 6.07) is 2.39. The van der Waals surface area contributed by atoms with Gasteiger partial charge in [-0.15, -0.1) is 0 Å². The largest absolute Gasteiger partial charge is 0.422 e. The Morgan fingerprint density at radius 2 is 1.73 bits per heavy atom. The van der Waals surface area contributed by atoms with Crippen molar-refractivity contribution >= 4 is 19.0 Å². The second-order valence-corrected chi connectivity index (χ2v) is 7.31. The fourth-order valence-corrected chi connectivity index (χ4v) is 4.82. The third kappa shape index (κ3) is 10.6. The van der Waals surface area contributed by atoms with Gasteiger partial charge in [-0.3, -0.25) is 0 Å². The minimum atomic E-state index is -1.33. The average Bonchev–Trinajstić information content (AvgIpc) is 2.17. The van der Waals surface area contributed by atoms with Gasteiger partial charge in [-0.2, -0.15) is 0 Å². The molecule has 0 amide bonds. The first-order valence-electron chi connectivity index (χ1n) is 6.05. The van der Waals surface area contributed by atoms with Gasteiger partial charge in [0.15, 0.2) is 9.76 Å². The Kier molecular flexibility index (Phi) is 11.0. The smallest absolute Gasteiger partial charge is 0.321 e. The monoisotopic (exact) mass is 250 g/mol. The van der Waals surface area contributed by atoms with Crippen LogP contribution in [0.2, 0.25) is 12.1 Å². The summed E-state index contributed by atoms with van der Waals surface area (Å²) in [4.78, 5) is 0. The van der Waals surface area contributed by atoms with Crippen LogP contribution in [0, 0.1) is 0 Å². The van der Waals surface area contributed by atoms with E-state index >= 15 is 0 Å². The van der Waals surface area contributed by atoms with Crippen LogP contribution in [0.5, 0.6) is 0 Å². The molecule has 0 saturated heterocycles. The molecule has 0 radical (unpaired) electrons. The topological polar surface area (TPSA) is 27.7 Å². The highest BCUT2D eigenvalue weighted by Crippen LogP contribution is 2.05. The van der Waals surface area contributed by atoms with Gasteiger partial charge in [0.25, 0.3) is 0 Å². The van der Waals surface area contributed by atoms with E-state index in [9.17, 15) is 0 Å². The zero-order valence-electron chi connectivity index (χ0n) is 10.6. The Bertz CT molecular complexity index is 128. The fraction of sp³-hybridized carbons (Fsp3) is 1.00. The van der Waals surface area contributed by atoms with Gasteiger partial charge in [0, 0.05) is 19.3 Å². The number of rotatable bonds is 10. The SMILES string of the molecule is CCO[SiH](CCC[SiH2]OC(C)C)OCC. The molecule has 0 N–H and O–H groups in total. The maximum absolute atomic E-state index is 5.62. The summed E-state index contributed by atoms with van der Waals surface area (Å²) in [6.07, 6.45) is 1.62. The normalized spacial score (nSPS) is 12.4.